The zero-order valence-corrected chi connectivity index (χ0v) is 7.40. The van der Waals surface area contributed by atoms with Crippen molar-refractivity contribution in [2.75, 3.05) is 0 Å². The molecule has 1 atom stereocenters. The van der Waals surface area contributed by atoms with Gasteiger partial charge < -0.3 is 5.11 Å². The topological polar surface area (TPSA) is 20.2 Å². The fourth-order valence-electron chi connectivity index (χ4n) is 1.34. The summed E-state index contributed by atoms with van der Waals surface area (Å²) in [6, 6.07) is 0. The van der Waals surface area contributed by atoms with Gasteiger partial charge in [0, 0.05) is 0 Å². The highest BCUT2D eigenvalue weighted by Crippen LogP contribution is 2.42. The molecule has 0 radical (unpaired) electrons. The quantitative estimate of drug-likeness (QED) is 0.719. The maximum atomic E-state index is 9.74. The zero-order valence-electron chi connectivity index (χ0n) is 6.58. The van der Waals surface area contributed by atoms with Gasteiger partial charge in [0.25, 0.3) is 0 Å². The average Bonchev–Trinajstić information content (AvgIpc) is 2.74. The molecule has 1 aromatic rings. The monoisotopic (exact) mass is 168 g/mol. The first-order valence-electron chi connectivity index (χ1n) is 4.00. The standard InChI is InChI=1S/C9H12OS/c1-6-4-11-5-8(6)9(10)7-2-3-7/h4-5,7,9-10H,2-3H2,1H3. The molecule has 0 spiro atoms. The van der Waals surface area contributed by atoms with E-state index >= 15 is 0 Å². The summed E-state index contributed by atoms with van der Waals surface area (Å²) in [7, 11) is 0. The van der Waals surface area contributed by atoms with E-state index in [0.717, 1.165) is 5.56 Å². The van der Waals surface area contributed by atoms with Gasteiger partial charge in [-0.15, -0.1) is 0 Å². The van der Waals surface area contributed by atoms with Crippen molar-refractivity contribution in [3.8, 4) is 0 Å². The van der Waals surface area contributed by atoms with Crippen molar-refractivity contribution in [1.82, 2.24) is 0 Å². The van der Waals surface area contributed by atoms with Gasteiger partial charge in [-0.05, 0) is 47.6 Å². The Balaban J connectivity index is 2.20. The molecule has 1 aliphatic rings. The van der Waals surface area contributed by atoms with Crippen LogP contribution in [0.15, 0.2) is 10.8 Å². The Hall–Kier alpha value is -0.340. The van der Waals surface area contributed by atoms with Crippen LogP contribution in [0.2, 0.25) is 0 Å². The number of thiophene rings is 1. The van der Waals surface area contributed by atoms with Gasteiger partial charge in [0.1, 0.15) is 0 Å². The van der Waals surface area contributed by atoms with E-state index in [-0.39, 0.29) is 6.10 Å². The van der Waals surface area contributed by atoms with Gasteiger partial charge in [0.15, 0.2) is 0 Å². The molecule has 0 amide bonds. The molecule has 1 unspecified atom stereocenters. The second kappa shape index (κ2) is 2.61. The Morgan fingerprint density at radius 2 is 2.27 bits per heavy atom. The first kappa shape index (κ1) is 7.32. The fraction of sp³-hybridized carbons (Fsp3) is 0.556. The molecule has 2 heteroatoms. The molecule has 0 aromatic carbocycles. The summed E-state index contributed by atoms with van der Waals surface area (Å²) in [5, 5.41) is 13.9. The van der Waals surface area contributed by atoms with Crippen LogP contribution in [0.3, 0.4) is 0 Å². The highest BCUT2D eigenvalue weighted by Gasteiger charge is 2.31. The van der Waals surface area contributed by atoms with Gasteiger partial charge in [-0.25, -0.2) is 0 Å². The molecule has 2 rings (SSSR count). The van der Waals surface area contributed by atoms with Crippen LogP contribution < -0.4 is 0 Å². The van der Waals surface area contributed by atoms with Crippen LogP contribution in [0.1, 0.15) is 30.1 Å². The van der Waals surface area contributed by atoms with Gasteiger partial charge in [-0.3, -0.25) is 0 Å². The number of aryl methyl sites for hydroxylation is 1. The third-order valence-electron chi connectivity index (χ3n) is 2.28. The first-order chi connectivity index (χ1) is 5.29. The Morgan fingerprint density at radius 1 is 1.55 bits per heavy atom. The van der Waals surface area contributed by atoms with Crippen LogP contribution >= 0.6 is 11.3 Å². The summed E-state index contributed by atoms with van der Waals surface area (Å²) >= 11 is 1.68. The normalized spacial score (nSPS) is 20.2. The van der Waals surface area contributed by atoms with E-state index in [0.29, 0.717) is 5.92 Å². The number of aliphatic hydroxyl groups excluding tert-OH is 1. The molecule has 1 saturated carbocycles. The molecule has 1 aliphatic carbocycles. The van der Waals surface area contributed by atoms with E-state index in [1.807, 2.05) is 0 Å². The van der Waals surface area contributed by atoms with Crippen molar-refractivity contribution in [3.63, 3.8) is 0 Å². The lowest BCUT2D eigenvalue weighted by molar-refractivity contribution is 0.153. The third-order valence-corrected chi connectivity index (χ3v) is 3.16. The Bertz CT molecular complexity index is 250. The van der Waals surface area contributed by atoms with Gasteiger partial charge >= 0.3 is 0 Å². The minimum absolute atomic E-state index is 0.179. The van der Waals surface area contributed by atoms with Crippen molar-refractivity contribution >= 4 is 11.3 Å². The number of hydrogen-bond donors (Lipinski definition) is 1. The van der Waals surface area contributed by atoms with E-state index < -0.39 is 0 Å². The number of hydrogen-bond acceptors (Lipinski definition) is 2. The molecule has 1 aromatic heterocycles. The molecule has 1 heterocycles. The molecule has 1 N–H and O–H groups in total. The lowest BCUT2D eigenvalue weighted by atomic mass is 10.1. The fourth-order valence-corrected chi connectivity index (χ4v) is 2.22. The second-order valence-electron chi connectivity index (χ2n) is 3.29. The second-order valence-corrected chi connectivity index (χ2v) is 4.04. The molecule has 60 valence electrons. The Labute approximate surface area is 70.7 Å². The van der Waals surface area contributed by atoms with Gasteiger partial charge in [-0.1, -0.05) is 0 Å². The summed E-state index contributed by atoms with van der Waals surface area (Å²) in [4.78, 5) is 0. The van der Waals surface area contributed by atoms with E-state index in [1.165, 1.54) is 18.4 Å². The van der Waals surface area contributed by atoms with Crippen molar-refractivity contribution in [2.45, 2.75) is 25.9 Å². The van der Waals surface area contributed by atoms with E-state index in [2.05, 4.69) is 17.7 Å². The summed E-state index contributed by atoms with van der Waals surface area (Å²) in [6.07, 6.45) is 2.23. The highest BCUT2D eigenvalue weighted by molar-refractivity contribution is 7.08. The smallest absolute Gasteiger partial charge is 0.0828 e. The number of rotatable bonds is 2. The molecule has 1 nitrogen and oxygen atoms in total. The first-order valence-corrected chi connectivity index (χ1v) is 4.94. The van der Waals surface area contributed by atoms with Crippen molar-refractivity contribution < 1.29 is 5.11 Å². The van der Waals surface area contributed by atoms with E-state index in [4.69, 9.17) is 0 Å². The summed E-state index contributed by atoms with van der Waals surface area (Å²) in [5.74, 6) is 0.559. The maximum absolute atomic E-state index is 9.74. The SMILES string of the molecule is Cc1cscc1C(O)C1CC1. The molecule has 1 fully saturated rings. The largest absolute Gasteiger partial charge is 0.388 e. The molecule has 0 saturated heterocycles. The van der Waals surface area contributed by atoms with Crippen LogP contribution in [0.5, 0.6) is 0 Å². The predicted molar refractivity (Wildman–Crippen MR) is 46.7 cm³/mol. The summed E-state index contributed by atoms with van der Waals surface area (Å²) < 4.78 is 0. The lowest BCUT2D eigenvalue weighted by Crippen LogP contribution is -1.98. The Morgan fingerprint density at radius 3 is 2.73 bits per heavy atom. The van der Waals surface area contributed by atoms with E-state index in [1.54, 1.807) is 11.3 Å². The molecule has 0 bridgehead atoms. The minimum atomic E-state index is -0.179. The average molecular weight is 168 g/mol. The van der Waals surface area contributed by atoms with Gasteiger partial charge in [0.05, 0.1) is 6.10 Å². The Kier molecular flexibility index (Phi) is 1.74. The third kappa shape index (κ3) is 1.33. The van der Waals surface area contributed by atoms with Crippen LogP contribution in [-0.2, 0) is 0 Å². The highest BCUT2D eigenvalue weighted by atomic mass is 32.1. The molecular weight excluding hydrogens is 156 g/mol. The van der Waals surface area contributed by atoms with Gasteiger partial charge in [-0.2, -0.15) is 11.3 Å². The van der Waals surface area contributed by atoms with Crippen LogP contribution in [0, 0.1) is 12.8 Å². The summed E-state index contributed by atoms with van der Waals surface area (Å²) in [6.45, 7) is 2.07. The lowest BCUT2D eigenvalue weighted by Gasteiger charge is -2.07. The van der Waals surface area contributed by atoms with E-state index in [9.17, 15) is 5.11 Å². The van der Waals surface area contributed by atoms with Crippen molar-refractivity contribution in [3.05, 3.63) is 21.9 Å². The molecular formula is C9H12OS. The maximum Gasteiger partial charge on any atom is 0.0828 e. The van der Waals surface area contributed by atoms with Crippen LogP contribution in [0.25, 0.3) is 0 Å². The van der Waals surface area contributed by atoms with Gasteiger partial charge in [0.2, 0.25) is 0 Å². The predicted octanol–water partition coefficient (Wildman–Crippen LogP) is 2.50. The number of aliphatic hydroxyl groups is 1. The minimum Gasteiger partial charge on any atom is -0.388 e. The van der Waals surface area contributed by atoms with Crippen molar-refractivity contribution in [1.29, 1.82) is 0 Å². The van der Waals surface area contributed by atoms with Crippen molar-refractivity contribution in [2.24, 2.45) is 5.92 Å². The summed E-state index contributed by atoms with van der Waals surface area (Å²) in [5.41, 5.74) is 2.40. The zero-order chi connectivity index (χ0) is 7.84. The molecule has 0 aliphatic heterocycles. The molecule has 11 heavy (non-hydrogen) atoms. The van der Waals surface area contributed by atoms with Crippen LogP contribution in [0.4, 0.5) is 0 Å². The van der Waals surface area contributed by atoms with Crippen LogP contribution in [-0.4, -0.2) is 5.11 Å².